The topological polar surface area (TPSA) is 12.0 Å². The van der Waals surface area contributed by atoms with Crippen molar-refractivity contribution in [2.75, 3.05) is 6.54 Å². The second-order valence-corrected chi connectivity index (χ2v) is 7.04. The van der Waals surface area contributed by atoms with Crippen LogP contribution in [0.25, 0.3) is 0 Å². The summed E-state index contributed by atoms with van der Waals surface area (Å²) in [5, 5.41) is 3.57. The van der Waals surface area contributed by atoms with Gasteiger partial charge in [0.15, 0.2) is 0 Å². The average Bonchev–Trinajstić information content (AvgIpc) is 2.65. The monoisotopic (exact) mass is 321 g/mol. The summed E-state index contributed by atoms with van der Waals surface area (Å²) in [6, 6.07) is 11.0. The number of aryl methyl sites for hydroxylation is 1. The third kappa shape index (κ3) is 2.40. The molecule has 0 aliphatic heterocycles. The van der Waals surface area contributed by atoms with E-state index in [0.29, 0.717) is 5.92 Å². The Bertz CT molecular complexity index is 542. The molecule has 0 radical (unpaired) electrons. The lowest BCUT2D eigenvalue weighted by Crippen LogP contribution is -2.28. The Hall–Kier alpha value is -0.640. The molecule has 1 unspecified atom stereocenters. The summed E-state index contributed by atoms with van der Waals surface area (Å²) in [6.07, 6.45) is 1.23. The van der Waals surface area contributed by atoms with Crippen LogP contribution in [0, 0.1) is 6.92 Å². The van der Waals surface area contributed by atoms with Gasteiger partial charge < -0.3 is 5.32 Å². The first-order valence-corrected chi connectivity index (χ1v) is 7.88. The first kappa shape index (κ1) is 12.4. The number of thiophene rings is 1. The highest BCUT2D eigenvalue weighted by molar-refractivity contribution is 9.10. The molecule has 1 aromatic heterocycles. The van der Waals surface area contributed by atoms with Gasteiger partial charge in [-0.2, -0.15) is 0 Å². The van der Waals surface area contributed by atoms with Crippen molar-refractivity contribution < 1.29 is 0 Å². The molecular weight excluding hydrogens is 306 g/mol. The fourth-order valence-electron chi connectivity index (χ4n) is 2.52. The minimum atomic E-state index is 0.714. The Morgan fingerprint density at radius 2 is 2.22 bits per heavy atom. The lowest BCUT2D eigenvalue weighted by Gasteiger charge is -2.30. The van der Waals surface area contributed by atoms with Crippen molar-refractivity contribution in [2.45, 2.75) is 25.8 Å². The highest BCUT2D eigenvalue weighted by atomic mass is 79.9. The zero-order valence-corrected chi connectivity index (χ0v) is 12.8. The van der Waals surface area contributed by atoms with Crippen molar-refractivity contribution in [3.63, 3.8) is 0 Å². The van der Waals surface area contributed by atoms with E-state index < -0.39 is 0 Å². The molecule has 1 heterocycles. The molecule has 0 spiro atoms. The molecule has 0 bridgehead atoms. The molecular formula is C15H16BrNS. The maximum Gasteiger partial charge on any atom is 0.0314 e. The minimum absolute atomic E-state index is 0.714. The third-order valence-corrected chi connectivity index (χ3v) is 5.70. The summed E-state index contributed by atoms with van der Waals surface area (Å²) in [7, 11) is 0. The van der Waals surface area contributed by atoms with Gasteiger partial charge in [0.2, 0.25) is 0 Å². The molecule has 1 N–H and O–H groups in total. The quantitative estimate of drug-likeness (QED) is 0.887. The van der Waals surface area contributed by atoms with Crippen molar-refractivity contribution in [1.29, 1.82) is 0 Å². The Morgan fingerprint density at radius 1 is 1.39 bits per heavy atom. The molecule has 0 amide bonds. The van der Waals surface area contributed by atoms with Crippen LogP contribution in [0.1, 0.15) is 26.8 Å². The minimum Gasteiger partial charge on any atom is -0.311 e. The van der Waals surface area contributed by atoms with Gasteiger partial charge in [-0.25, -0.2) is 0 Å². The zero-order valence-electron chi connectivity index (χ0n) is 10.4. The maximum atomic E-state index is 3.57. The van der Waals surface area contributed by atoms with Crippen molar-refractivity contribution in [1.82, 2.24) is 5.32 Å². The normalized spacial score (nSPS) is 17.3. The fourth-order valence-corrected chi connectivity index (χ4v) is 4.09. The average molecular weight is 322 g/mol. The summed E-state index contributed by atoms with van der Waals surface area (Å²) in [4.78, 5) is 2.77. The van der Waals surface area contributed by atoms with Crippen molar-refractivity contribution in [2.24, 2.45) is 0 Å². The first-order valence-electron chi connectivity index (χ1n) is 6.27. The van der Waals surface area contributed by atoms with Gasteiger partial charge in [0.1, 0.15) is 0 Å². The second-order valence-electron chi connectivity index (χ2n) is 4.85. The molecule has 3 heteroatoms. The molecule has 0 fully saturated rings. The van der Waals surface area contributed by atoms with E-state index >= 15 is 0 Å². The Kier molecular flexibility index (Phi) is 3.55. The van der Waals surface area contributed by atoms with E-state index in [1.54, 1.807) is 0 Å². The summed E-state index contributed by atoms with van der Waals surface area (Å²) in [5.74, 6) is 0.714. The predicted octanol–water partition coefficient (Wildman–Crippen LogP) is 4.25. The van der Waals surface area contributed by atoms with Crippen molar-refractivity contribution in [3.05, 3.63) is 55.7 Å². The van der Waals surface area contributed by atoms with Gasteiger partial charge in [0.05, 0.1) is 0 Å². The molecule has 0 saturated carbocycles. The van der Waals surface area contributed by atoms with Crippen LogP contribution in [0.15, 0.2) is 34.8 Å². The second kappa shape index (κ2) is 5.16. The maximum absolute atomic E-state index is 3.57. The number of hydrogen-bond acceptors (Lipinski definition) is 2. The van der Waals surface area contributed by atoms with Crippen LogP contribution >= 0.6 is 27.3 Å². The number of nitrogens with one attached hydrogen (secondary N) is 1. The summed E-state index contributed by atoms with van der Waals surface area (Å²) in [6.45, 7) is 4.22. The summed E-state index contributed by atoms with van der Waals surface area (Å²) >= 11 is 5.43. The van der Waals surface area contributed by atoms with Crippen LogP contribution in [-0.2, 0) is 13.0 Å². The molecule has 1 atom stereocenters. The molecule has 18 heavy (non-hydrogen) atoms. The van der Waals surface area contributed by atoms with Crippen LogP contribution < -0.4 is 5.32 Å². The van der Waals surface area contributed by atoms with E-state index in [4.69, 9.17) is 0 Å². The number of halogens is 1. The van der Waals surface area contributed by atoms with Crippen LogP contribution in [0.2, 0.25) is 0 Å². The highest BCUT2D eigenvalue weighted by Crippen LogP contribution is 2.34. The first-order chi connectivity index (χ1) is 8.74. The van der Waals surface area contributed by atoms with Gasteiger partial charge in [-0.05, 0) is 46.5 Å². The molecule has 94 valence electrons. The molecule has 0 saturated heterocycles. The van der Waals surface area contributed by atoms with Crippen LogP contribution in [0.3, 0.4) is 0 Å². The third-order valence-electron chi connectivity index (χ3n) is 3.56. The molecule has 1 nitrogen and oxygen atoms in total. The van der Waals surface area contributed by atoms with Gasteiger partial charge in [-0.15, -0.1) is 11.3 Å². The standard InChI is InChI=1S/C15H16BrNS/c1-10-15(16)7-13(18-10)9-17-8-12-6-11-4-2-3-5-14(11)12/h2-5,7,12,17H,6,8-9H2,1H3. The lowest BCUT2D eigenvalue weighted by molar-refractivity contribution is 0.537. The lowest BCUT2D eigenvalue weighted by atomic mass is 9.77. The van der Waals surface area contributed by atoms with E-state index in [2.05, 4.69) is 58.5 Å². The Labute approximate surface area is 120 Å². The number of benzene rings is 1. The van der Waals surface area contributed by atoms with E-state index in [1.165, 1.54) is 31.8 Å². The van der Waals surface area contributed by atoms with Crippen LogP contribution in [0.4, 0.5) is 0 Å². The van der Waals surface area contributed by atoms with E-state index in [-0.39, 0.29) is 0 Å². The molecule has 3 rings (SSSR count). The van der Waals surface area contributed by atoms with E-state index in [9.17, 15) is 0 Å². The number of fused-ring (bicyclic) bond motifs is 1. The zero-order chi connectivity index (χ0) is 12.5. The van der Waals surface area contributed by atoms with Gasteiger partial charge in [-0.3, -0.25) is 0 Å². The van der Waals surface area contributed by atoms with Crippen molar-refractivity contribution >= 4 is 27.3 Å². The largest absolute Gasteiger partial charge is 0.311 e. The van der Waals surface area contributed by atoms with Crippen molar-refractivity contribution in [3.8, 4) is 0 Å². The van der Waals surface area contributed by atoms with E-state index in [1.807, 2.05) is 11.3 Å². The Balaban J connectivity index is 1.52. The molecule has 1 aliphatic carbocycles. The van der Waals surface area contributed by atoms with Crippen LogP contribution in [0.5, 0.6) is 0 Å². The van der Waals surface area contributed by atoms with Gasteiger partial charge in [-0.1, -0.05) is 24.3 Å². The van der Waals surface area contributed by atoms with Gasteiger partial charge >= 0.3 is 0 Å². The Morgan fingerprint density at radius 3 is 2.94 bits per heavy atom. The van der Waals surface area contributed by atoms with E-state index in [0.717, 1.165) is 13.1 Å². The smallest absolute Gasteiger partial charge is 0.0314 e. The highest BCUT2D eigenvalue weighted by Gasteiger charge is 2.24. The fraction of sp³-hybridized carbons (Fsp3) is 0.333. The summed E-state index contributed by atoms with van der Waals surface area (Å²) in [5.41, 5.74) is 3.06. The molecule has 1 aromatic carbocycles. The molecule has 2 aromatic rings. The van der Waals surface area contributed by atoms with Crippen LogP contribution in [-0.4, -0.2) is 6.54 Å². The number of rotatable bonds is 4. The number of hydrogen-bond donors (Lipinski definition) is 1. The SMILES string of the molecule is Cc1sc(CNCC2Cc3ccccc32)cc1Br. The summed E-state index contributed by atoms with van der Waals surface area (Å²) < 4.78 is 1.23. The molecule has 1 aliphatic rings. The predicted molar refractivity (Wildman–Crippen MR) is 81.3 cm³/mol. The van der Waals surface area contributed by atoms with Gasteiger partial charge in [0, 0.05) is 33.2 Å². The van der Waals surface area contributed by atoms with Gasteiger partial charge in [0.25, 0.3) is 0 Å².